The zero-order valence-electron chi connectivity index (χ0n) is 11.3. The molecule has 2 nitrogen and oxygen atoms in total. The summed E-state index contributed by atoms with van der Waals surface area (Å²) in [5.41, 5.74) is 0. The smallest absolute Gasteiger partial charge is 0.0518 e. The van der Waals surface area contributed by atoms with Crippen molar-refractivity contribution in [1.29, 1.82) is 0 Å². The molecule has 2 aliphatic carbocycles. The van der Waals surface area contributed by atoms with Crippen LogP contribution in [0.5, 0.6) is 0 Å². The first-order valence-electron chi connectivity index (χ1n) is 7.26. The van der Waals surface area contributed by atoms with Crippen LogP contribution in [-0.2, 0) is 4.74 Å². The fourth-order valence-electron chi connectivity index (χ4n) is 3.09. The van der Waals surface area contributed by atoms with Crippen LogP contribution in [0.4, 0.5) is 0 Å². The highest BCUT2D eigenvalue weighted by Crippen LogP contribution is 2.42. The lowest BCUT2D eigenvalue weighted by Crippen LogP contribution is -2.26. The molecule has 2 bridgehead atoms. The number of ether oxygens (including phenoxy) is 1. The zero-order chi connectivity index (χ0) is 12.1. The highest BCUT2D eigenvalue weighted by atomic mass is 16.5. The van der Waals surface area contributed by atoms with E-state index < -0.39 is 0 Å². The summed E-state index contributed by atoms with van der Waals surface area (Å²) in [6.45, 7) is 7.48. The third-order valence-electron chi connectivity index (χ3n) is 4.02. The van der Waals surface area contributed by atoms with Crippen molar-refractivity contribution < 1.29 is 4.74 Å². The molecule has 2 aliphatic rings. The fourth-order valence-corrected chi connectivity index (χ4v) is 3.09. The molecule has 2 rings (SSSR count). The van der Waals surface area contributed by atoms with Crippen LogP contribution in [0.1, 0.15) is 39.5 Å². The molecule has 0 spiro atoms. The van der Waals surface area contributed by atoms with Crippen molar-refractivity contribution in [3.63, 3.8) is 0 Å². The van der Waals surface area contributed by atoms with Gasteiger partial charge in [0.2, 0.25) is 0 Å². The van der Waals surface area contributed by atoms with Gasteiger partial charge in [-0.05, 0) is 70.4 Å². The number of rotatable bonds is 8. The lowest BCUT2D eigenvalue weighted by molar-refractivity contribution is 0.0760. The Balaban J connectivity index is 1.43. The second kappa shape index (κ2) is 6.55. The quantitative estimate of drug-likeness (QED) is 0.517. The van der Waals surface area contributed by atoms with Crippen molar-refractivity contribution in [2.75, 3.05) is 19.7 Å². The van der Waals surface area contributed by atoms with Crippen molar-refractivity contribution >= 4 is 0 Å². The molecule has 0 aromatic heterocycles. The Kier molecular flexibility index (Phi) is 5.05. The molecule has 98 valence electrons. The first kappa shape index (κ1) is 13.1. The highest BCUT2D eigenvalue weighted by Gasteiger charge is 2.34. The van der Waals surface area contributed by atoms with E-state index in [4.69, 9.17) is 4.74 Å². The first-order chi connectivity index (χ1) is 8.25. The number of allylic oxidation sites excluding steroid dienone is 2. The topological polar surface area (TPSA) is 21.3 Å². The monoisotopic (exact) mass is 237 g/mol. The van der Waals surface area contributed by atoms with Crippen LogP contribution in [0, 0.1) is 17.8 Å². The van der Waals surface area contributed by atoms with Gasteiger partial charge in [0, 0.05) is 6.61 Å². The number of hydrogen-bond acceptors (Lipinski definition) is 2. The summed E-state index contributed by atoms with van der Waals surface area (Å²) < 4.78 is 5.53. The zero-order valence-corrected chi connectivity index (χ0v) is 11.3. The van der Waals surface area contributed by atoms with Crippen molar-refractivity contribution in [3.8, 4) is 0 Å². The molecule has 0 radical (unpaired) electrons. The standard InChI is InChI=1S/C15H27NO/c1-12(2)17-8-4-3-7-16-11-15-10-13-5-6-14(15)9-13/h5-6,12-16H,3-4,7-11H2,1-2H3. The van der Waals surface area contributed by atoms with Crippen LogP contribution in [0.2, 0.25) is 0 Å². The lowest BCUT2D eigenvalue weighted by Gasteiger charge is -2.18. The van der Waals surface area contributed by atoms with E-state index in [9.17, 15) is 0 Å². The predicted molar refractivity (Wildman–Crippen MR) is 72.0 cm³/mol. The summed E-state index contributed by atoms with van der Waals surface area (Å²) in [7, 11) is 0. The van der Waals surface area contributed by atoms with Gasteiger partial charge in [0.1, 0.15) is 0 Å². The SMILES string of the molecule is CC(C)OCCCCNCC1CC2C=CC1C2. The van der Waals surface area contributed by atoms with Crippen LogP contribution in [0.15, 0.2) is 12.2 Å². The summed E-state index contributed by atoms with van der Waals surface area (Å²) in [5, 5.41) is 3.61. The molecule has 1 fully saturated rings. The van der Waals surface area contributed by atoms with E-state index in [2.05, 4.69) is 31.3 Å². The van der Waals surface area contributed by atoms with E-state index in [0.717, 1.165) is 30.9 Å². The van der Waals surface area contributed by atoms with Crippen molar-refractivity contribution in [1.82, 2.24) is 5.32 Å². The summed E-state index contributed by atoms with van der Waals surface area (Å²) in [4.78, 5) is 0. The third kappa shape index (κ3) is 4.11. The minimum atomic E-state index is 0.379. The fraction of sp³-hybridized carbons (Fsp3) is 0.867. The Morgan fingerprint density at radius 2 is 2.12 bits per heavy atom. The molecule has 1 saturated carbocycles. The minimum absolute atomic E-state index is 0.379. The Morgan fingerprint density at radius 3 is 2.76 bits per heavy atom. The number of hydrogen-bond donors (Lipinski definition) is 1. The van der Waals surface area contributed by atoms with Crippen molar-refractivity contribution in [3.05, 3.63) is 12.2 Å². The molecule has 3 atom stereocenters. The van der Waals surface area contributed by atoms with Crippen LogP contribution < -0.4 is 5.32 Å². The third-order valence-corrected chi connectivity index (χ3v) is 4.02. The van der Waals surface area contributed by atoms with Gasteiger partial charge in [-0.1, -0.05) is 12.2 Å². The summed E-state index contributed by atoms with van der Waals surface area (Å²) in [5.74, 6) is 2.71. The molecular weight excluding hydrogens is 210 g/mol. The molecule has 1 N–H and O–H groups in total. The molecule has 0 amide bonds. The maximum Gasteiger partial charge on any atom is 0.0518 e. The van der Waals surface area contributed by atoms with Gasteiger partial charge in [-0.25, -0.2) is 0 Å². The molecule has 0 aliphatic heterocycles. The Labute approximate surface area is 106 Å². The average Bonchev–Trinajstić information content (AvgIpc) is 2.89. The highest BCUT2D eigenvalue weighted by molar-refractivity contribution is 5.10. The largest absolute Gasteiger partial charge is 0.379 e. The summed E-state index contributed by atoms with van der Waals surface area (Å²) in [6, 6.07) is 0. The number of unbranched alkanes of at least 4 members (excludes halogenated alkanes) is 1. The molecule has 17 heavy (non-hydrogen) atoms. The van der Waals surface area contributed by atoms with Crippen LogP contribution >= 0.6 is 0 Å². The van der Waals surface area contributed by atoms with Gasteiger partial charge in [0.25, 0.3) is 0 Å². The molecule has 0 aromatic rings. The number of nitrogens with one attached hydrogen (secondary N) is 1. The summed E-state index contributed by atoms with van der Waals surface area (Å²) >= 11 is 0. The Morgan fingerprint density at radius 1 is 1.24 bits per heavy atom. The van der Waals surface area contributed by atoms with Gasteiger partial charge in [-0.3, -0.25) is 0 Å². The van der Waals surface area contributed by atoms with Crippen LogP contribution in [0.25, 0.3) is 0 Å². The number of fused-ring (bicyclic) bond motifs is 2. The lowest BCUT2D eigenvalue weighted by atomic mass is 9.94. The summed E-state index contributed by atoms with van der Waals surface area (Å²) in [6.07, 6.45) is 10.5. The first-order valence-corrected chi connectivity index (χ1v) is 7.26. The Bertz CT molecular complexity index is 249. The van der Waals surface area contributed by atoms with E-state index in [1.54, 1.807) is 0 Å². The van der Waals surface area contributed by atoms with Crippen molar-refractivity contribution in [2.45, 2.75) is 45.6 Å². The van der Waals surface area contributed by atoms with Gasteiger partial charge in [-0.2, -0.15) is 0 Å². The normalized spacial score (nSPS) is 30.6. The van der Waals surface area contributed by atoms with Gasteiger partial charge >= 0.3 is 0 Å². The van der Waals surface area contributed by atoms with Gasteiger partial charge in [0.15, 0.2) is 0 Å². The van der Waals surface area contributed by atoms with E-state index in [-0.39, 0.29) is 0 Å². The average molecular weight is 237 g/mol. The van der Waals surface area contributed by atoms with Gasteiger partial charge in [0.05, 0.1) is 6.10 Å². The second-order valence-electron chi connectivity index (χ2n) is 5.87. The van der Waals surface area contributed by atoms with Crippen LogP contribution in [0.3, 0.4) is 0 Å². The maximum absolute atomic E-state index is 5.53. The van der Waals surface area contributed by atoms with Crippen molar-refractivity contribution in [2.24, 2.45) is 17.8 Å². The second-order valence-corrected chi connectivity index (χ2v) is 5.87. The van der Waals surface area contributed by atoms with E-state index in [1.807, 2.05) is 0 Å². The molecule has 0 heterocycles. The van der Waals surface area contributed by atoms with Gasteiger partial charge < -0.3 is 10.1 Å². The molecule has 0 aromatic carbocycles. The molecule has 2 heteroatoms. The molecular formula is C15H27NO. The molecule has 3 unspecified atom stereocenters. The Hall–Kier alpha value is -0.340. The van der Waals surface area contributed by atoms with E-state index in [1.165, 1.54) is 32.2 Å². The maximum atomic E-state index is 5.53. The molecule has 0 saturated heterocycles. The minimum Gasteiger partial charge on any atom is -0.379 e. The van der Waals surface area contributed by atoms with E-state index >= 15 is 0 Å². The van der Waals surface area contributed by atoms with E-state index in [0.29, 0.717) is 6.10 Å². The van der Waals surface area contributed by atoms with Gasteiger partial charge in [-0.15, -0.1) is 0 Å². The predicted octanol–water partition coefficient (Wildman–Crippen LogP) is 2.99. The van der Waals surface area contributed by atoms with Crippen LogP contribution in [-0.4, -0.2) is 25.8 Å².